The molecule has 0 saturated carbocycles. The second-order valence-corrected chi connectivity index (χ2v) is 3.30. The molecule has 0 unspecified atom stereocenters. The molecule has 0 heterocycles. The number of allylic oxidation sites excluding steroid dienone is 4. The molecule has 0 saturated heterocycles. The molecule has 0 amide bonds. The van der Waals surface area contributed by atoms with Crippen molar-refractivity contribution in [2.75, 3.05) is 0 Å². The van der Waals surface area contributed by atoms with Gasteiger partial charge in [0.2, 0.25) is 0 Å². The van der Waals surface area contributed by atoms with Crippen LogP contribution in [0.25, 0.3) is 0 Å². The first kappa shape index (κ1) is 14.3. The topological polar surface area (TPSA) is 0 Å². The maximum Gasteiger partial charge on any atom is 0 e. The van der Waals surface area contributed by atoms with Gasteiger partial charge in [0.25, 0.3) is 0 Å². The summed E-state index contributed by atoms with van der Waals surface area (Å²) < 4.78 is 0. The molecular formula is C14H18Rh. The minimum absolute atomic E-state index is 0. The Kier molecular flexibility index (Phi) is 10.9. The van der Waals surface area contributed by atoms with Crippen LogP contribution in [0.2, 0.25) is 0 Å². The molecule has 1 radical (unpaired) electrons. The van der Waals surface area contributed by atoms with Crippen LogP contribution >= 0.6 is 0 Å². The molecular weight excluding hydrogens is 271 g/mol. The van der Waals surface area contributed by atoms with Gasteiger partial charge in [-0.15, -0.1) is 0 Å². The van der Waals surface area contributed by atoms with Gasteiger partial charge < -0.3 is 0 Å². The number of hydrogen-bond donors (Lipinski definition) is 0. The Hall–Kier alpha value is -0.677. The molecule has 0 spiro atoms. The first-order chi connectivity index (χ1) is 7.00. The third kappa shape index (κ3) is 9.62. The van der Waals surface area contributed by atoms with Gasteiger partial charge in [0.1, 0.15) is 0 Å². The summed E-state index contributed by atoms with van der Waals surface area (Å²) in [5.41, 5.74) is 0. The monoisotopic (exact) mass is 289 g/mol. The van der Waals surface area contributed by atoms with Crippen LogP contribution in [-0.2, 0) is 19.5 Å². The minimum Gasteiger partial charge on any atom is -0.0845 e. The van der Waals surface area contributed by atoms with Crippen LogP contribution in [0.1, 0.15) is 25.7 Å². The van der Waals surface area contributed by atoms with Crippen LogP contribution < -0.4 is 0 Å². The molecule has 1 heteroatoms. The van der Waals surface area contributed by atoms with Crippen molar-refractivity contribution in [1.82, 2.24) is 0 Å². The van der Waals surface area contributed by atoms with E-state index in [0.717, 1.165) is 0 Å². The van der Waals surface area contributed by atoms with Gasteiger partial charge in [0.15, 0.2) is 0 Å². The van der Waals surface area contributed by atoms with E-state index in [0.29, 0.717) is 0 Å². The SMILES string of the molecule is C1=CCCCCC=C1.[Rh].c1ccccc1. The van der Waals surface area contributed by atoms with Crippen molar-refractivity contribution in [3.8, 4) is 0 Å². The van der Waals surface area contributed by atoms with Gasteiger partial charge in [-0.05, 0) is 25.7 Å². The molecule has 1 aromatic rings. The molecule has 1 aliphatic carbocycles. The van der Waals surface area contributed by atoms with Crippen LogP contribution in [0.3, 0.4) is 0 Å². The predicted octanol–water partition coefficient (Wildman–Crippen LogP) is 4.36. The third-order valence-electron chi connectivity index (χ3n) is 2.04. The molecule has 15 heavy (non-hydrogen) atoms. The third-order valence-corrected chi connectivity index (χ3v) is 2.04. The van der Waals surface area contributed by atoms with Gasteiger partial charge in [0, 0.05) is 19.5 Å². The van der Waals surface area contributed by atoms with Crippen LogP contribution in [-0.4, -0.2) is 0 Å². The molecule has 83 valence electrons. The normalized spacial score (nSPS) is 13.9. The van der Waals surface area contributed by atoms with Gasteiger partial charge in [-0.25, -0.2) is 0 Å². The molecule has 0 N–H and O–H groups in total. The Morgan fingerprint density at radius 1 is 0.533 bits per heavy atom. The van der Waals surface area contributed by atoms with E-state index >= 15 is 0 Å². The number of benzene rings is 1. The second-order valence-electron chi connectivity index (χ2n) is 3.30. The maximum atomic E-state index is 2.23. The molecule has 0 nitrogen and oxygen atoms in total. The molecule has 0 aromatic heterocycles. The Balaban J connectivity index is 0.000000253. The van der Waals surface area contributed by atoms with Crippen LogP contribution in [0.15, 0.2) is 60.7 Å². The summed E-state index contributed by atoms with van der Waals surface area (Å²) in [6.07, 6.45) is 14.0. The average molecular weight is 289 g/mol. The van der Waals surface area contributed by atoms with Crippen molar-refractivity contribution in [2.45, 2.75) is 25.7 Å². The smallest absolute Gasteiger partial charge is 0 e. The van der Waals surface area contributed by atoms with Gasteiger partial charge >= 0.3 is 0 Å². The summed E-state index contributed by atoms with van der Waals surface area (Å²) in [7, 11) is 0. The second kappa shape index (κ2) is 11.4. The number of rotatable bonds is 0. The van der Waals surface area contributed by atoms with Gasteiger partial charge in [-0.3, -0.25) is 0 Å². The maximum absolute atomic E-state index is 2.23. The summed E-state index contributed by atoms with van der Waals surface area (Å²) in [6, 6.07) is 12.0. The van der Waals surface area contributed by atoms with Crippen LogP contribution in [0, 0.1) is 0 Å². The fourth-order valence-corrected chi connectivity index (χ4v) is 1.26. The van der Waals surface area contributed by atoms with Crippen molar-refractivity contribution in [1.29, 1.82) is 0 Å². The molecule has 0 fully saturated rings. The zero-order valence-corrected chi connectivity index (χ0v) is 10.6. The molecule has 0 atom stereocenters. The number of hydrogen-bond acceptors (Lipinski definition) is 0. The largest absolute Gasteiger partial charge is 0.0845 e. The van der Waals surface area contributed by atoms with E-state index < -0.39 is 0 Å². The van der Waals surface area contributed by atoms with Gasteiger partial charge in [-0.2, -0.15) is 0 Å². The van der Waals surface area contributed by atoms with Gasteiger partial charge in [-0.1, -0.05) is 60.7 Å². The first-order valence-corrected chi connectivity index (χ1v) is 5.32. The average Bonchev–Trinajstić information content (AvgIpc) is 2.20. The zero-order chi connectivity index (χ0) is 9.90. The quantitative estimate of drug-likeness (QED) is 0.623. The Morgan fingerprint density at radius 3 is 1.20 bits per heavy atom. The summed E-state index contributed by atoms with van der Waals surface area (Å²) in [5.74, 6) is 0. The van der Waals surface area contributed by atoms with E-state index in [2.05, 4.69) is 24.3 Å². The van der Waals surface area contributed by atoms with Crippen LogP contribution in [0.5, 0.6) is 0 Å². The standard InChI is InChI=1S/C8H12.C6H6.Rh/c1-2-4-6-8-7-5-3-1;1-2-4-6-5-3-1;/h1-4H,5-8H2;1-6H;. The van der Waals surface area contributed by atoms with E-state index in [1.54, 1.807) is 0 Å². The Morgan fingerprint density at radius 2 is 0.867 bits per heavy atom. The van der Waals surface area contributed by atoms with Crippen molar-refractivity contribution < 1.29 is 19.5 Å². The minimum atomic E-state index is 0. The molecule has 0 bridgehead atoms. The fraction of sp³-hybridized carbons (Fsp3) is 0.286. The molecule has 1 aliphatic rings. The van der Waals surface area contributed by atoms with Crippen molar-refractivity contribution in [3.63, 3.8) is 0 Å². The summed E-state index contributed by atoms with van der Waals surface area (Å²) in [4.78, 5) is 0. The van der Waals surface area contributed by atoms with Crippen molar-refractivity contribution >= 4 is 0 Å². The van der Waals surface area contributed by atoms with E-state index in [1.807, 2.05) is 36.4 Å². The fourth-order valence-electron chi connectivity index (χ4n) is 1.26. The zero-order valence-electron chi connectivity index (χ0n) is 8.94. The van der Waals surface area contributed by atoms with E-state index in [1.165, 1.54) is 25.7 Å². The Bertz CT molecular complexity index is 221. The molecule has 1 aromatic carbocycles. The molecule has 0 aliphatic heterocycles. The molecule has 2 rings (SSSR count). The van der Waals surface area contributed by atoms with Gasteiger partial charge in [0.05, 0.1) is 0 Å². The summed E-state index contributed by atoms with van der Waals surface area (Å²) >= 11 is 0. The van der Waals surface area contributed by atoms with E-state index in [4.69, 9.17) is 0 Å². The Labute approximate surface area is 106 Å². The summed E-state index contributed by atoms with van der Waals surface area (Å²) in [6.45, 7) is 0. The summed E-state index contributed by atoms with van der Waals surface area (Å²) in [5, 5.41) is 0. The first-order valence-electron chi connectivity index (χ1n) is 5.32. The van der Waals surface area contributed by atoms with E-state index in [9.17, 15) is 0 Å². The van der Waals surface area contributed by atoms with Crippen LogP contribution in [0.4, 0.5) is 0 Å². The van der Waals surface area contributed by atoms with Crippen molar-refractivity contribution in [3.05, 3.63) is 60.7 Å². The van der Waals surface area contributed by atoms with Crippen molar-refractivity contribution in [2.24, 2.45) is 0 Å². The predicted molar refractivity (Wildman–Crippen MR) is 63.2 cm³/mol. The van der Waals surface area contributed by atoms with E-state index in [-0.39, 0.29) is 19.5 Å².